The highest BCUT2D eigenvalue weighted by atomic mass is 35.5. The van der Waals surface area contributed by atoms with E-state index in [1.165, 1.54) is 24.6 Å². The first kappa shape index (κ1) is 17.1. The number of hydrogen-bond acceptors (Lipinski definition) is 4. The number of aromatic amines is 1. The van der Waals surface area contributed by atoms with Crippen molar-refractivity contribution in [1.29, 1.82) is 0 Å². The molecule has 0 aromatic carbocycles. The molecule has 1 atom stereocenters. The molecule has 0 saturated carbocycles. The van der Waals surface area contributed by atoms with Crippen LogP contribution >= 0.6 is 23.4 Å². The number of hydrogen-bond donors (Lipinski definition) is 2. The number of aromatic nitrogens is 3. The molecule has 0 aliphatic heterocycles. The van der Waals surface area contributed by atoms with Gasteiger partial charge in [0, 0.05) is 12.2 Å². The predicted octanol–water partition coefficient (Wildman–Crippen LogP) is 3.79. The van der Waals surface area contributed by atoms with E-state index in [9.17, 15) is 4.79 Å². The second-order valence-electron chi connectivity index (χ2n) is 5.32. The van der Waals surface area contributed by atoms with Crippen molar-refractivity contribution < 1.29 is 4.79 Å². The maximum atomic E-state index is 11.9. The number of halogens is 1. The van der Waals surface area contributed by atoms with E-state index in [2.05, 4.69) is 27.2 Å². The third-order valence-electron chi connectivity index (χ3n) is 3.27. The third kappa shape index (κ3) is 5.18. The fourth-order valence-corrected chi connectivity index (χ4v) is 2.99. The summed E-state index contributed by atoms with van der Waals surface area (Å²) in [4.78, 5) is 23.5. The molecule has 2 rings (SSSR count). The third-order valence-corrected chi connectivity index (χ3v) is 4.35. The smallest absolute Gasteiger partial charge is 0.230 e. The zero-order chi connectivity index (χ0) is 15.9. The van der Waals surface area contributed by atoms with Gasteiger partial charge in [-0.05, 0) is 19.4 Å². The monoisotopic (exact) mass is 340 g/mol. The first-order valence-corrected chi connectivity index (χ1v) is 8.88. The molecule has 2 heterocycles. The number of H-pyrrole nitrogens is 1. The summed E-state index contributed by atoms with van der Waals surface area (Å²) in [6, 6.07) is 1.99. The minimum Gasteiger partial charge on any atom is -0.353 e. The van der Waals surface area contributed by atoms with Crippen LogP contribution in [0, 0.1) is 0 Å². The van der Waals surface area contributed by atoms with Gasteiger partial charge in [0.25, 0.3) is 0 Å². The van der Waals surface area contributed by atoms with Crippen LogP contribution in [-0.2, 0) is 4.79 Å². The molecule has 1 amide bonds. The average Bonchev–Trinajstić information content (AvgIpc) is 2.87. The Morgan fingerprint density at radius 2 is 2.32 bits per heavy atom. The second kappa shape index (κ2) is 8.39. The summed E-state index contributed by atoms with van der Waals surface area (Å²) >= 11 is 7.25. The lowest BCUT2D eigenvalue weighted by Crippen LogP contribution is -2.33. The molecule has 0 saturated heterocycles. The van der Waals surface area contributed by atoms with Crippen molar-refractivity contribution in [3.05, 3.63) is 17.3 Å². The number of nitrogens with one attached hydrogen (secondary N) is 2. The Morgan fingerprint density at radius 3 is 3.09 bits per heavy atom. The van der Waals surface area contributed by atoms with E-state index in [4.69, 9.17) is 11.6 Å². The molecule has 7 heteroatoms. The maximum absolute atomic E-state index is 11.9. The quantitative estimate of drug-likeness (QED) is 0.566. The first-order valence-electron chi connectivity index (χ1n) is 7.52. The molecule has 0 aliphatic rings. The van der Waals surface area contributed by atoms with Crippen LogP contribution in [0.25, 0.3) is 11.2 Å². The number of amides is 1. The number of unbranched alkanes of at least 4 members (excludes halogenated alkanes) is 2. The molecule has 0 radical (unpaired) electrons. The summed E-state index contributed by atoms with van der Waals surface area (Å²) in [7, 11) is 0. The fourth-order valence-electron chi connectivity index (χ4n) is 2.14. The summed E-state index contributed by atoms with van der Waals surface area (Å²) in [5.74, 6) is 0.367. The van der Waals surface area contributed by atoms with Crippen molar-refractivity contribution in [3.63, 3.8) is 0 Å². The molecular weight excluding hydrogens is 320 g/mol. The van der Waals surface area contributed by atoms with Crippen LogP contribution in [0.5, 0.6) is 0 Å². The molecule has 120 valence electrons. The van der Waals surface area contributed by atoms with Crippen LogP contribution in [0.2, 0.25) is 5.02 Å². The van der Waals surface area contributed by atoms with Gasteiger partial charge in [0.05, 0.1) is 16.3 Å². The van der Waals surface area contributed by atoms with Gasteiger partial charge in [-0.2, -0.15) is 0 Å². The highest BCUT2D eigenvalue weighted by Gasteiger charge is 2.10. The standard InChI is InChI=1S/C15H21ClN4OS/c1-3-4-5-6-10(2)18-13(21)9-22-15-19-12-7-11(16)8-17-14(12)20-15/h7-8,10H,3-6,9H2,1-2H3,(H,18,21)(H,17,19,20)/t10-/m0/s1. The number of imidazole rings is 1. The highest BCUT2D eigenvalue weighted by Crippen LogP contribution is 2.20. The van der Waals surface area contributed by atoms with Crippen molar-refractivity contribution >= 4 is 40.4 Å². The summed E-state index contributed by atoms with van der Waals surface area (Å²) in [6.45, 7) is 4.22. The van der Waals surface area contributed by atoms with Crippen molar-refractivity contribution in [3.8, 4) is 0 Å². The molecule has 22 heavy (non-hydrogen) atoms. The van der Waals surface area contributed by atoms with Crippen LogP contribution in [0.1, 0.15) is 39.5 Å². The zero-order valence-corrected chi connectivity index (χ0v) is 14.4. The van der Waals surface area contributed by atoms with Gasteiger partial charge in [0.2, 0.25) is 5.91 Å². The van der Waals surface area contributed by atoms with Gasteiger partial charge < -0.3 is 10.3 Å². The Hall–Kier alpha value is -1.27. The number of thioether (sulfide) groups is 1. The largest absolute Gasteiger partial charge is 0.353 e. The summed E-state index contributed by atoms with van der Waals surface area (Å²) in [5, 5.41) is 4.25. The Kier molecular flexibility index (Phi) is 6.51. The van der Waals surface area contributed by atoms with Gasteiger partial charge in [-0.3, -0.25) is 4.79 Å². The Morgan fingerprint density at radius 1 is 1.50 bits per heavy atom. The SMILES string of the molecule is CCCCC[C@H](C)NC(=O)CSc1nc2ncc(Cl)cc2[nH]1. The van der Waals surface area contributed by atoms with E-state index < -0.39 is 0 Å². The molecule has 0 fully saturated rings. The van der Waals surface area contributed by atoms with Crippen LogP contribution in [-0.4, -0.2) is 32.7 Å². The molecule has 2 aromatic heterocycles. The molecule has 0 bridgehead atoms. The van der Waals surface area contributed by atoms with Crippen molar-refractivity contribution in [2.24, 2.45) is 0 Å². The van der Waals surface area contributed by atoms with Gasteiger partial charge in [0.15, 0.2) is 10.8 Å². The van der Waals surface area contributed by atoms with Crippen LogP contribution < -0.4 is 5.32 Å². The first-order chi connectivity index (χ1) is 10.6. The van der Waals surface area contributed by atoms with Crippen LogP contribution in [0.4, 0.5) is 0 Å². The Balaban J connectivity index is 1.79. The molecule has 0 spiro atoms. The summed E-state index contributed by atoms with van der Waals surface area (Å²) in [6.07, 6.45) is 6.15. The average molecular weight is 341 g/mol. The number of pyridine rings is 1. The fraction of sp³-hybridized carbons (Fsp3) is 0.533. The zero-order valence-electron chi connectivity index (χ0n) is 12.9. The lowest BCUT2D eigenvalue weighted by Gasteiger charge is -2.12. The van der Waals surface area contributed by atoms with E-state index in [1.807, 2.05) is 6.92 Å². The normalized spacial score (nSPS) is 12.5. The number of fused-ring (bicyclic) bond motifs is 1. The van der Waals surface area contributed by atoms with Crippen molar-refractivity contribution in [1.82, 2.24) is 20.3 Å². The second-order valence-corrected chi connectivity index (χ2v) is 6.72. The predicted molar refractivity (Wildman–Crippen MR) is 91.4 cm³/mol. The van der Waals surface area contributed by atoms with Gasteiger partial charge in [-0.15, -0.1) is 0 Å². The minimum absolute atomic E-state index is 0.0282. The van der Waals surface area contributed by atoms with E-state index >= 15 is 0 Å². The molecule has 2 N–H and O–H groups in total. The molecule has 5 nitrogen and oxygen atoms in total. The lowest BCUT2D eigenvalue weighted by molar-refractivity contribution is -0.119. The molecule has 2 aromatic rings. The minimum atomic E-state index is 0.0282. The number of nitrogens with zero attached hydrogens (tertiary/aromatic N) is 2. The Bertz CT molecular complexity index is 631. The van der Waals surface area contributed by atoms with Crippen molar-refractivity contribution in [2.75, 3.05) is 5.75 Å². The van der Waals surface area contributed by atoms with E-state index in [1.54, 1.807) is 12.3 Å². The number of rotatable bonds is 8. The van der Waals surface area contributed by atoms with Gasteiger partial charge >= 0.3 is 0 Å². The number of carbonyl (C=O) groups excluding carboxylic acids is 1. The lowest BCUT2D eigenvalue weighted by atomic mass is 10.1. The number of carbonyl (C=O) groups is 1. The van der Waals surface area contributed by atoms with Gasteiger partial charge in [0.1, 0.15) is 0 Å². The molecule has 0 unspecified atom stereocenters. The Labute approximate surface area is 139 Å². The van der Waals surface area contributed by atoms with E-state index in [0.717, 1.165) is 18.4 Å². The van der Waals surface area contributed by atoms with E-state index in [0.29, 0.717) is 21.6 Å². The van der Waals surface area contributed by atoms with Crippen molar-refractivity contribution in [2.45, 2.75) is 50.7 Å². The molecular formula is C15H21ClN4OS. The van der Waals surface area contributed by atoms with Gasteiger partial charge in [-0.25, -0.2) is 9.97 Å². The van der Waals surface area contributed by atoms with E-state index in [-0.39, 0.29) is 11.9 Å². The molecule has 0 aliphatic carbocycles. The van der Waals surface area contributed by atoms with Gasteiger partial charge in [-0.1, -0.05) is 49.5 Å². The van der Waals surface area contributed by atoms with Crippen LogP contribution in [0.15, 0.2) is 17.4 Å². The summed E-state index contributed by atoms with van der Waals surface area (Å²) < 4.78 is 0. The van der Waals surface area contributed by atoms with Crippen LogP contribution in [0.3, 0.4) is 0 Å². The maximum Gasteiger partial charge on any atom is 0.230 e. The summed E-state index contributed by atoms with van der Waals surface area (Å²) in [5.41, 5.74) is 1.39. The topological polar surface area (TPSA) is 70.7 Å². The highest BCUT2D eigenvalue weighted by molar-refractivity contribution is 7.99.